The molecule has 0 N–H and O–H groups in total. The minimum atomic E-state index is -4.50. The topological polar surface area (TPSA) is 0 Å². The SMILES string of the molecule is CCCCCCc1ccc2c(c1)Cc1c-2cc(F)c(-c2ccc(C(F)(F)F)cc2)c1F. The van der Waals surface area contributed by atoms with Gasteiger partial charge in [-0.2, -0.15) is 13.2 Å². The molecule has 0 fully saturated rings. The fraction of sp³-hybridized carbons (Fsp3) is 0.308. The molecule has 0 unspecified atom stereocenters. The van der Waals surface area contributed by atoms with Crippen molar-refractivity contribution in [2.75, 3.05) is 0 Å². The summed E-state index contributed by atoms with van der Waals surface area (Å²) in [5.41, 5.74) is 2.87. The second-order valence-corrected chi connectivity index (χ2v) is 8.13. The van der Waals surface area contributed by atoms with Gasteiger partial charge in [-0.1, -0.05) is 56.5 Å². The minimum Gasteiger partial charge on any atom is -0.206 e. The highest BCUT2D eigenvalue weighted by atomic mass is 19.4. The van der Waals surface area contributed by atoms with E-state index >= 15 is 4.39 Å². The lowest BCUT2D eigenvalue weighted by molar-refractivity contribution is -0.137. The Hall–Kier alpha value is -2.69. The Labute approximate surface area is 178 Å². The molecule has 0 saturated heterocycles. The van der Waals surface area contributed by atoms with Crippen LogP contribution in [0, 0.1) is 11.6 Å². The highest BCUT2D eigenvalue weighted by Crippen LogP contribution is 2.43. The zero-order chi connectivity index (χ0) is 22.2. The van der Waals surface area contributed by atoms with Gasteiger partial charge < -0.3 is 0 Å². The molecule has 0 atom stereocenters. The van der Waals surface area contributed by atoms with Crippen LogP contribution in [0.1, 0.15) is 54.9 Å². The van der Waals surface area contributed by atoms with Crippen molar-refractivity contribution in [3.63, 3.8) is 0 Å². The third-order valence-corrected chi connectivity index (χ3v) is 5.97. The summed E-state index contributed by atoms with van der Waals surface area (Å²) in [6.45, 7) is 2.17. The van der Waals surface area contributed by atoms with Crippen LogP contribution < -0.4 is 0 Å². The van der Waals surface area contributed by atoms with Gasteiger partial charge in [0.05, 0.1) is 11.1 Å². The number of aryl methyl sites for hydroxylation is 1. The van der Waals surface area contributed by atoms with Crippen LogP contribution in [0.2, 0.25) is 0 Å². The van der Waals surface area contributed by atoms with Crippen molar-refractivity contribution in [2.24, 2.45) is 0 Å². The van der Waals surface area contributed by atoms with Gasteiger partial charge in [-0.15, -0.1) is 0 Å². The number of alkyl halides is 3. The average Bonchev–Trinajstić information content (AvgIpc) is 3.09. The third-order valence-electron chi connectivity index (χ3n) is 5.97. The van der Waals surface area contributed by atoms with E-state index in [0.29, 0.717) is 17.5 Å². The van der Waals surface area contributed by atoms with Crippen LogP contribution in [0.5, 0.6) is 0 Å². The van der Waals surface area contributed by atoms with Gasteiger partial charge in [0.2, 0.25) is 0 Å². The molecule has 0 bridgehead atoms. The molecule has 3 aromatic carbocycles. The summed E-state index contributed by atoms with van der Waals surface area (Å²) in [6.07, 6.45) is 1.46. The highest BCUT2D eigenvalue weighted by molar-refractivity contribution is 5.81. The third kappa shape index (κ3) is 4.23. The second kappa shape index (κ2) is 8.45. The first-order valence-corrected chi connectivity index (χ1v) is 10.6. The fourth-order valence-electron chi connectivity index (χ4n) is 4.32. The lowest BCUT2D eigenvalue weighted by Gasteiger charge is -2.12. The smallest absolute Gasteiger partial charge is 0.206 e. The fourth-order valence-corrected chi connectivity index (χ4v) is 4.32. The van der Waals surface area contributed by atoms with Crippen LogP contribution in [0.15, 0.2) is 48.5 Å². The second-order valence-electron chi connectivity index (χ2n) is 8.13. The molecule has 3 aromatic rings. The van der Waals surface area contributed by atoms with Crippen LogP contribution in [-0.4, -0.2) is 0 Å². The quantitative estimate of drug-likeness (QED) is 0.213. The molecule has 0 nitrogen and oxygen atoms in total. The molecule has 1 aliphatic rings. The molecule has 0 radical (unpaired) electrons. The van der Waals surface area contributed by atoms with Crippen molar-refractivity contribution >= 4 is 0 Å². The first-order chi connectivity index (χ1) is 14.8. The van der Waals surface area contributed by atoms with Crippen molar-refractivity contribution in [3.8, 4) is 22.3 Å². The van der Waals surface area contributed by atoms with E-state index in [1.807, 2.05) is 12.1 Å². The number of rotatable bonds is 6. The van der Waals surface area contributed by atoms with Gasteiger partial charge in [-0.25, -0.2) is 8.78 Å². The first-order valence-electron chi connectivity index (χ1n) is 10.6. The standard InChI is InChI=1S/C26H23F5/c1-2-3-4-5-6-16-7-12-20-18(13-16)14-22-21(20)15-23(27)24(25(22)28)17-8-10-19(11-9-17)26(29,30)31/h7-13,15H,2-6,14H2,1H3. The zero-order valence-electron chi connectivity index (χ0n) is 17.3. The molecule has 0 spiro atoms. The summed E-state index contributed by atoms with van der Waals surface area (Å²) in [7, 11) is 0. The van der Waals surface area contributed by atoms with Crippen molar-refractivity contribution in [2.45, 2.75) is 51.6 Å². The minimum absolute atomic E-state index is 0.0957. The van der Waals surface area contributed by atoms with Crippen molar-refractivity contribution < 1.29 is 22.0 Å². The molecular formula is C26H23F5. The molecule has 31 heavy (non-hydrogen) atoms. The Kier molecular flexibility index (Phi) is 5.87. The molecule has 0 amide bonds. The van der Waals surface area contributed by atoms with Crippen LogP contribution >= 0.6 is 0 Å². The van der Waals surface area contributed by atoms with Gasteiger partial charge in [0.15, 0.2) is 0 Å². The van der Waals surface area contributed by atoms with E-state index < -0.39 is 23.4 Å². The van der Waals surface area contributed by atoms with E-state index in [-0.39, 0.29) is 11.1 Å². The number of halogens is 5. The molecule has 0 saturated carbocycles. The molecule has 4 rings (SSSR count). The molecule has 0 heterocycles. The summed E-state index contributed by atoms with van der Waals surface area (Å²) >= 11 is 0. The maximum absolute atomic E-state index is 15.3. The normalized spacial score (nSPS) is 12.7. The monoisotopic (exact) mass is 430 g/mol. The van der Waals surface area contributed by atoms with E-state index in [0.717, 1.165) is 48.2 Å². The molecule has 0 aromatic heterocycles. The molecule has 1 aliphatic carbocycles. The van der Waals surface area contributed by atoms with Gasteiger partial charge >= 0.3 is 6.18 Å². The summed E-state index contributed by atoms with van der Waals surface area (Å²) < 4.78 is 68.7. The zero-order valence-corrected chi connectivity index (χ0v) is 17.3. The van der Waals surface area contributed by atoms with E-state index in [1.165, 1.54) is 30.9 Å². The lowest BCUT2D eigenvalue weighted by atomic mass is 9.96. The van der Waals surface area contributed by atoms with Crippen LogP contribution in [0.3, 0.4) is 0 Å². The number of unbranched alkanes of at least 4 members (excludes halogenated alkanes) is 3. The van der Waals surface area contributed by atoms with Gasteiger partial charge in [-0.3, -0.25) is 0 Å². The summed E-state index contributed by atoms with van der Waals surface area (Å²) in [6, 6.07) is 11.2. The Bertz CT molecular complexity index is 1090. The lowest BCUT2D eigenvalue weighted by Crippen LogP contribution is -2.04. The molecule has 162 valence electrons. The summed E-state index contributed by atoms with van der Waals surface area (Å²) in [5, 5.41) is 0. The van der Waals surface area contributed by atoms with Crippen molar-refractivity contribution in [3.05, 3.63) is 82.4 Å². The number of benzene rings is 3. The largest absolute Gasteiger partial charge is 0.416 e. The van der Waals surface area contributed by atoms with E-state index in [9.17, 15) is 17.6 Å². The maximum Gasteiger partial charge on any atom is 0.416 e. The van der Waals surface area contributed by atoms with Crippen molar-refractivity contribution in [1.82, 2.24) is 0 Å². The number of hydrogen-bond donors (Lipinski definition) is 0. The van der Waals surface area contributed by atoms with Crippen molar-refractivity contribution in [1.29, 1.82) is 0 Å². The highest BCUT2D eigenvalue weighted by Gasteiger charge is 2.31. The Morgan fingerprint density at radius 3 is 2.26 bits per heavy atom. The van der Waals surface area contributed by atoms with Crippen LogP contribution in [0.25, 0.3) is 22.3 Å². The van der Waals surface area contributed by atoms with E-state index in [1.54, 1.807) is 0 Å². The van der Waals surface area contributed by atoms with Crippen LogP contribution in [0.4, 0.5) is 22.0 Å². The molecular weight excluding hydrogens is 407 g/mol. The Morgan fingerprint density at radius 2 is 1.58 bits per heavy atom. The number of hydrogen-bond acceptors (Lipinski definition) is 0. The Balaban J connectivity index is 1.64. The maximum atomic E-state index is 15.3. The Morgan fingerprint density at radius 1 is 0.839 bits per heavy atom. The van der Waals surface area contributed by atoms with Gasteiger partial charge in [-0.05, 0) is 58.9 Å². The van der Waals surface area contributed by atoms with Crippen LogP contribution in [-0.2, 0) is 19.0 Å². The van der Waals surface area contributed by atoms with Gasteiger partial charge in [0.25, 0.3) is 0 Å². The van der Waals surface area contributed by atoms with E-state index in [4.69, 9.17) is 0 Å². The van der Waals surface area contributed by atoms with Gasteiger partial charge in [0.1, 0.15) is 11.6 Å². The summed E-state index contributed by atoms with van der Waals surface area (Å²) in [4.78, 5) is 0. The predicted octanol–water partition coefficient (Wildman–Crippen LogP) is 8.34. The summed E-state index contributed by atoms with van der Waals surface area (Å²) in [5.74, 6) is -1.47. The molecule has 5 heteroatoms. The van der Waals surface area contributed by atoms with Gasteiger partial charge in [0, 0.05) is 12.0 Å². The average molecular weight is 430 g/mol. The predicted molar refractivity (Wildman–Crippen MR) is 113 cm³/mol. The first kappa shape index (κ1) is 21.5. The number of fused-ring (bicyclic) bond motifs is 3. The molecule has 0 aliphatic heterocycles. The van der Waals surface area contributed by atoms with E-state index in [2.05, 4.69) is 13.0 Å².